The van der Waals surface area contributed by atoms with Crippen molar-refractivity contribution in [2.75, 3.05) is 0 Å². The molecule has 0 saturated heterocycles. The molecule has 0 radical (unpaired) electrons. The summed E-state index contributed by atoms with van der Waals surface area (Å²) < 4.78 is 1.37. The van der Waals surface area contributed by atoms with Crippen molar-refractivity contribution >= 4 is 5.91 Å². The molecule has 0 fully saturated rings. The number of tetrazole rings is 1. The molecule has 2 aromatic rings. The van der Waals surface area contributed by atoms with Gasteiger partial charge in [-0.3, -0.25) is 4.79 Å². The smallest absolute Gasteiger partial charge is 0.242 e. The van der Waals surface area contributed by atoms with Crippen LogP contribution < -0.4 is 5.32 Å². The number of carbonyl (C=O) groups excluding carboxylic acids is 1. The molecule has 2 N–H and O–H groups in total. The van der Waals surface area contributed by atoms with Crippen molar-refractivity contribution in [3.63, 3.8) is 0 Å². The van der Waals surface area contributed by atoms with Gasteiger partial charge >= 0.3 is 0 Å². The standard InChI is InChI=1S/C8H10N6O/c15-8(5-14-6-11-12-13-14)10-4-7-1-2-9-3-7/h1-3,6,9H,4-5H2,(H,10,15). The van der Waals surface area contributed by atoms with Crippen LogP contribution in [-0.4, -0.2) is 31.1 Å². The summed E-state index contributed by atoms with van der Waals surface area (Å²) in [4.78, 5) is 14.3. The highest BCUT2D eigenvalue weighted by Crippen LogP contribution is 1.94. The molecule has 0 spiro atoms. The van der Waals surface area contributed by atoms with Gasteiger partial charge in [-0.1, -0.05) is 0 Å². The lowest BCUT2D eigenvalue weighted by Crippen LogP contribution is -2.27. The minimum atomic E-state index is -0.122. The summed E-state index contributed by atoms with van der Waals surface area (Å²) in [5.74, 6) is -0.122. The van der Waals surface area contributed by atoms with E-state index in [0.29, 0.717) is 6.54 Å². The Bertz CT molecular complexity index is 406. The predicted octanol–water partition coefficient (Wildman–Crippen LogP) is -0.682. The zero-order valence-electron chi connectivity index (χ0n) is 7.92. The summed E-state index contributed by atoms with van der Waals surface area (Å²) in [5, 5.41) is 13.2. The second-order valence-corrected chi connectivity index (χ2v) is 3.00. The van der Waals surface area contributed by atoms with Gasteiger partial charge in [0.25, 0.3) is 0 Å². The number of aromatic nitrogens is 5. The molecule has 0 saturated carbocycles. The lowest BCUT2D eigenvalue weighted by molar-refractivity contribution is -0.122. The molecule has 7 nitrogen and oxygen atoms in total. The Morgan fingerprint density at radius 2 is 2.53 bits per heavy atom. The number of rotatable bonds is 4. The van der Waals surface area contributed by atoms with E-state index >= 15 is 0 Å². The Hall–Kier alpha value is -2.18. The maximum atomic E-state index is 11.4. The molecule has 0 aliphatic carbocycles. The Morgan fingerprint density at radius 3 is 3.20 bits per heavy atom. The minimum absolute atomic E-state index is 0.122. The van der Waals surface area contributed by atoms with E-state index in [2.05, 4.69) is 25.8 Å². The first kappa shape index (κ1) is 9.38. The molecule has 0 unspecified atom stereocenters. The van der Waals surface area contributed by atoms with E-state index in [-0.39, 0.29) is 12.5 Å². The fourth-order valence-electron chi connectivity index (χ4n) is 1.12. The summed E-state index contributed by atoms with van der Waals surface area (Å²) >= 11 is 0. The highest BCUT2D eigenvalue weighted by Gasteiger charge is 2.03. The zero-order chi connectivity index (χ0) is 10.5. The van der Waals surface area contributed by atoms with Crippen LogP contribution in [0.4, 0.5) is 0 Å². The van der Waals surface area contributed by atoms with Crippen LogP contribution in [0.25, 0.3) is 0 Å². The molecule has 78 valence electrons. The fraction of sp³-hybridized carbons (Fsp3) is 0.250. The maximum Gasteiger partial charge on any atom is 0.242 e. The first-order chi connectivity index (χ1) is 7.34. The molecule has 2 aromatic heterocycles. The third-order valence-corrected chi connectivity index (χ3v) is 1.85. The fourth-order valence-corrected chi connectivity index (χ4v) is 1.12. The number of carbonyl (C=O) groups is 1. The van der Waals surface area contributed by atoms with Gasteiger partial charge in [0, 0.05) is 18.9 Å². The van der Waals surface area contributed by atoms with E-state index in [4.69, 9.17) is 0 Å². The second-order valence-electron chi connectivity index (χ2n) is 3.00. The van der Waals surface area contributed by atoms with Crippen molar-refractivity contribution in [3.8, 4) is 0 Å². The Balaban J connectivity index is 1.78. The van der Waals surface area contributed by atoms with Crippen molar-refractivity contribution in [2.45, 2.75) is 13.1 Å². The van der Waals surface area contributed by atoms with Crippen LogP contribution in [0.2, 0.25) is 0 Å². The highest BCUT2D eigenvalue weighted by atomic mass is 16.2. The number of hydrogen-bond donors (Lipinski definition) is 2. The van der Waals surface area contributed by atoms with Gasteiger partial charge < -0.3 is 10.3 Å². The molecular formula is C8H10N6O. The van der Waals surface area contributed by atoms with Crippen LogP contribution in [0.3, 0.4) is 0 Å². The number of aromatic amines is 1. The normalized spacial score (nSPS) is 10.1. The van der Waals surface area contributed by atoms with E-state index in [1.165, 1.54) is 11.0 Å². The van der Waals surface area contributed by atoms with Crippen LogP contribution in [-0.2, 0) is 17.9 Å². The van der Waals surface area contributed by atoms with Gasteiger partial charge in [0.15, 0.2) is 0 Å². The van der Waals surface area contributed by atoms with Crippen molar-refractivity contribution in [1.82, 2.24) is 30.5 Å². The van der Waals surface area contributed by atoms with Gasteiger partial charge in [-0.15, -0.1) is 5.10 Å². The number of hydrogen-bond acceptors (Lipinski definition) is 4. The van der Waals surface area contributed by atoms with Gasteiger partial charge in [0.1, 0.15) is 12.9 Å². The monoisotopic (exact) mass is 206 g/mol. The molecule has 2 rings (SSSR count). The van der Waals surface area contributed by atoms with Gasteiger partial charge in [-0.05, 0) is 22.1 Å². The molecule has 0 atom stereocenters. The van der Waals surface area contributed by atoms with Crippen LogP contribution in [0.1, 0.15) is 5.56 Å². The Morgan fingerprint density at radius 1 is 1.60 bits per heavy atom. The first-order valence-electron chi connectivity index (χ1n) is 4.44. The third-order valence-electron chi connectivity index (χ3n) is 1.85. The van der Waals surface area contributed by atoms with Crippen molar-refractivity contribution in [3.05, 3.63) is 30.4 Å². The van der Waals surface area contributed by atoms with Gasteiger partial charge in [-0.25, -0.2) is 4.68 Å². The summed E-state index contributed by atoms with van der Waals surface area (Å²) in [6.45, 7) is 0.641. The van der Waals surface area contributed by atoms with Gasteiger partial charge in [0.2, 0.25) is 5.91 Å². The van der Waals surface area contributed by atoms with Crippen molar-refractivity contribution < 1.29 is 4.79 Å². The van der Waals surface area contributed by atoms with Crippen LogP contribution >= 0.6 is 0 Å². The summed E-state index contributed by atoms with van der Waals surface area (Å²) in [7, 11) is 0. The number of amides is 1. The number of nitrogens with zero attached hydrogens (tertiary/aromatic N) is 4. The lowest BCUT2D eigenvalue weighted by atomic mass is 10.3. The maximum absolute atomic E-state index is 11.4. The largest absolute Gasteiger partial charge is 0.367 e. The first-order valence-corrected chi connectivity index (χ1v) is 4.44. The molecule has 0 bridgehead atoms. The molecule has 1 amide bonds. The predicted molar refractivity (Wildman–Crippen MR) is 50.5 cm³/mol. The molecular weight excluding hydrogens is 196 g/mol. The number of H-pyrrole nitrogens is 1. The molecule has 0 aromatic carbocycles. The van der Waals surface area contributed by atoms with E-state index in [9.17, 15) is 4.79 Å². The van der Waals surface area contributed by atoms with Crippen molar-refractivity contribution in [1.29, 1.82) is 0 Å². The van der Waals surface area contributed by atoms with Crippen LogP contribution in [0, 0.1) is 0 Å². The SMILES string of the molecule is O=C(Cn1cnnn1)NCc1cc[nH]c1. The minimum Gasteiger partial charge on any atom is -0.367 e. The van der Waals surface area contributed by atoms with E-state index < -0.39 is 0 Å². The average molecular weight is 206 g/mol. The van der Waals surface area contributed by atoms with Crippen LogP contribution in [0.15, 0.2) is 24.8 Å². The third kappa shape index (κ3) is 2.63. The van der Waals surface area contributed by atoms with E-state index in [1.807, 2.05) is 18.5 Å². The highest BCUT2D eigenvalue weighted by molar-refractivity contribution is 5.75. The topological polar surface area (TPSA) is 88.5 Å². The molecule has 2 heterocycles. The van der Waals surface area contributed by atoms with Crippen molar-refractivity contribution in [2.24, 2.45) is 0 Å². The zero-order valence-corrected chi connectivity index (χ0v) is 7.92. The second kappa shape index (κ2) is 4.36. The van der Waals surface area contributed by atoms with Gasteiger partial charge in [0.05, 0.1) is 0 Å². The number of nitrogens with one attached hydrogen (secondary N) is 2. The van der Waals surface area contributed by atoms with E-state index in [0.717, 1.165) is 5.56 Å². The summed E-state index contributed by atoms with van der Waals surface area (Å²) in [6.07, 6.45) is 5.04. The molecule has 15 heavy (non-hydrogen) atoms. The molecule has 0 aliphatic heterocycles. The molecule has 7 heteroatoms. The Labute approximate surface area is 85.5 Å². The van der Waals surface area contributed by atoms with Gasteiger partial charge in [-0.2, -0.15) is 0 Å². The lowest BCUT2D eigenvalue weighted by Gasteiger charge is -2.02. The Kier molecular flexibility index (Phi) is 2.72. The quantitative estimate of drug-likeness (QED) is 0.693. The average Bonchev–Trinajstić information content (AvgIpc) is 2.86. The summed E-state index contributed by atoms with van der Waals surface area (Å²) in [5.41, 5.74) is 1.03. The van der Waals surface area contributed by atoms with Crippen LogP contribution in [0.5, 0.6) is 0 Å². The molecule has 0 aliphatic rings. The summed E-state index contributed by atoms with van der Waals surface area (Å²) in [6, 6.07) is 1.90. The van der Waals surface area contributed by atoms with E-state index in [1.54, 1.807) is 0 Å².